The van der Waals surface area contributed by atoms with Crippen LogP contribution in [0.2, 0.25) is 0 Å². The first-order chi connectivity index (χ1) is 43.7. The molecule has 23 nitrogen and oxygen atoms in total. The summed E-state index contributed by atoms with van der Waals surface area (Å²) >= 11 is 0. The molecule has 0 bridgehead atoms. The molecule has 6 heterocycles. The van der Waals surface area contributed by atoms with E-state index < -0.39 is 22.2 Å². The zero-order chi connectivity index (χ0) is 65.9. The van der Waals surface area contributed by atoms with Crippen LogP contribution >= 0.6 is 0 Å². The molecule has 0 radical (unpaired) electrons. The summed E-state index contributed by atoms with van der Waals surface area (Å²) < 4.78 is 22.5. The number of amides is 3. The Labute approximate surface area is 553 Å². The number of aromatic nitrogens is 6. The summed E-state index contributed by atoms with van der Waals surface area (Å²) in [6.07, 6.45) is 15.9. The number of benzene rings is 5. The predicted octanol–water partition coefficient (Wildman–Crippen LogP) is 13.6. The van der Waals surface area contributed by atoms with Crippen molar-refractivity contribution in [2.45, 2.75) is 152 Å². The molecule has 502 valence electrons. The van der Waals surface area contributed by atoms with Crippen LogP contribution in [-0.2, 0) is 9.47 Å². The van der Waals surface area contributed by atoms with Crippen LogP contribution in [0.3, 0.4) is 0 Å². The van der Waals surface area contributed by atoms with Gasteiger partial charge in [-0.1, -0.05) is 39.1 Å². The summed E-state index contributed by atoms with van der Waals surface area (Å²) in [6.45, 7) is 23.5. The zero-order valence-corrected chi connectivity index (χ0v) is 54.4. The van der Waals surface area contributed by atoms with E-state index in [-0.39, 0.29) is 50.7 Å². The van der Waals surface area contributed by atoms with Crippen molar-refractivity contribution in [3.05, 3.63) is 179 Å². The molecule has 3 aromatic heterocycles. The predicted molar refractivity (Wildman–Crippen MR) is 374 cm³/mol. The van der Waals surface area contributed by atoms with E-state index in [2.05, 4.69) is 57.7 Å². The van der Waals surface area contributed by atoms with Gasteiger partial charge in [0, 0.05) is 122 Å². The Kier molecular flexibility index (Phi) is 24.1. The van der Waals surface area contributed by atoms with Crippen molar-refractivity contribution in [2.24, 2.45) is 5.73 Å². The average Bonchev–Trinajstić information content (AvgIpc) is 1.23. The van der Waals surface area contributed by atoms with Crippen LogP contribution in [0.15, 0.2) is 141 Å². The molecule has 3 amide bonds. The van der Waals surface area contributed by atoms with Crippen molar-refractivity contribution in [3.8, 4) is 28.6 Å². The monoisotopic (exact) mass is 1290 g/mol. The standard InChI is InChI=1S/C29H31N5O2.C20H27N5O4.C20H29N5O2.2CH4/c1-20-10-11-22(13-28(20)36-27-8-4-3-5-9-27)29(35)32-24-14-25(33-12-6-7-23(30)18-33)16-26(15-24)34-17-21(2)31-19-34;1-14-11-24(13-21-14)17-8-16(9-18(10-17)25(27)28)23-7-5-6-15(12-23)22-19(26)29-20(2,3)4;1-14-11-25(13-22-14)18-9-15(21)8-17(10-18)24-7-5-6-16(12-24)23-19(26)27-20(2,3)4;;/h3-5,8-11,13-17,19,23H,6-7,12,18,30H2,1-2H3,(H,32,35);8-11,13,15H,5-7,12H2,1-4H3,(H,22,26);8-11,13,16H,5-7,12,21H2,1-4H3,(H,23,26);2*1H4/t23-;15-;16-;;/m000../s1. The van der Waals surface area contributed by atoms with E-state index in [9.17, 15) is 24.5 Å². The largest absolute Gasteiger partial charge is 0.457 e. The van der Waals surface area contributed by atoms with Crippen molar-refractivity contribution >= 4 is 52.2 Å². The fraction of sp³-hybridized carbons (Fsp3) is 0.408. The number of alkyl carbamates (subject to hydrolysis) is 2. The van der Waals surface area contributed by atoms with E-state index >= 15 is 0 Å². The quantitative estimate of drug-likeness (QED) is 0.0408. The van der Waals surface area contributed by atoms with Gasteiger partial charge >= 0.3 is 12.2 Å². The molecule has 7 N–H and O–H groups in total. The lowest BCUT2D eigenvalue weighted by atomic mass is 10.0. The zero-order valence-electron chi connectivity index (χ0n) is 54.4. The van der Waals surface area contributed by atoms with Crippen molar-refractivity contribution in [2.75, 3.05) is 65.0 Å². The van der Waals surface area contributed by atoms with E-state index in [0.29, 0.717) is 34.9 Å². The van der Waals surface area contributed by atoms with E-state index in [4.69, 9.17) is 25.7 Å². The molecule has 23 heteroatoms. The second-order valence-electron chi connectivity index (χ2n) is 25.8. The average molecular weight is 1290 g/mol. The second-order valence-corrected chi connectivity index (χ2v) is 25.8. The molecular formula is C71H95N15O8. The number of carbonyl (C=O) groups is 3. The highest BCUT2D eigenvalue weighted by atomic mass is 16.6. The van der Waals surface area contributed by atoms with Crippen LogP contribution in [0.4, 0.5) is 43.7 Å². The molecule has 0 unspecified atom stereocenters. The van der Waals surface area contributed by atoms with Gasteiger partial charge in [-0.2, -0.15) is 0 Å². The number of nitro benzene ring substituents is 1. The Hall–Kier alpha value is -9.90. The molecule has 3 aliphatic heterocycles. The maximum atomic E-state index is 13.3. The minimum absolute atomic E-state index is 0. The van der Waals surface area contributed by atoms with Crippen molar-refractivity contribution in [1.82, 2.24) is 39.3 Å². The normalized spacial score (nSPS) is 16.3. The second kappa shape index (κ2) is 31.6. The molecule has 0 aliphatic carbocycles. The third-order valence-corrected chi connectivity index (χ3v) is 15.5. The number of nitrogens with zero attached hydrogens (tertiary/aromatic N) is 10. The number of hydrogen-bond donors (Lipinski definition) is 5. The van der Waals surface area contributed by atoms with Crippen molar-refractivity contribution in [1.29, 1.82) is 0 Å². The molecule has 94 heavy (non-hydrogen) atoms. The molecule has 8 aromatic rings. The lowest BCUT2D eigenvalue weighted by molar-refractivity contribution is -0.384. The Bertz CT molecular complexity index is 3850. The Morgan fingerprint density at radius 1 is 0.574 bits per heavy atom. The highest BCUT2D eigenvalue weighted by molar-refractivity contribution is 6.05. The summed E-state index contributed by atoms with van der Waals surface area (Å²) in [4.78, 5) is 68.0. The van der Waals surface area contributed by atoms with Crippen LogP contribution < -0.4 is 46.9 Å². The van der Waals surface area contributed by atoms with Gasteiger partial charge in [-0.05, 0) is 180 Å². The number of hydrogen-bond acceptors (Lipinski definition) is 16. The van der Waals surface area contributed by atoms with E-state index in [1.54, 1.807) is 35.7 Å². The summed E-state index contributed by atoms with van der Waals surface area (Å²) in [5.74, 6) is 1.18. The fourth-order valence-corrected chi connectivity index (χ4v) is 11.2. The number of nitrogen functional groups attached to an aromatic ring is 1. The molecular weight excluding hydrogens is 1190 g/mol. The number of carbonyl (C=O) groups excluding carboxylic acids is 3. The van der Waals surface area contributed by atoms with Gasteiger partial charge in [-0.3, -0.25) is 14.9 Å². The van der Waals surface area contributed by atoms with Gasteiger partial charge in [0.1, 0.15) is 22.7 Å². The first-order valence-corrected chi connectivity index (χ1v) is 31.3. The lowest BCUT2D eigenvalue weighted by Gasteiger charge is -2.35. The third-order valence-electron chi connectivity index (χ3n) is 15.5. The lowest BCUT2D eigenvalue weighted by Crippen LogP contribution is -2.49. The fourth-order valence-electron chi connectivity index (χ4n) is 11.2. The molecule has 11 rings (SSSR count). The van der Waals surface area contributed by atoms with E-state index in [1.165, 1.54) is 6.07 Å². The van der Waals surface area contributed by atoms with Crippen molar-refractivity contribution in [3.63, 3.8) is 0 Å². The summed E-state index contributed by atoms with van der Waals surface area (Å²) in [6, 6.07) is 32.3. The SMILES string of the molecule is C.C.Cc1cn(-c2cc(N)cc(N3CCC[C@H](NC(=O)OC(C)(C)C)C3)c2)cn1.Cc1cn(-c2cc(N3CCC[C@H](NC(=O)OC(C)(C)C)C3)cc([N+](=O)[O-])c2)cn1.Cc1cn(-c2cc(NC(=O)c3ccc(C)c(Oc4ccccc4)c3)cc(N3CCC[C@H](N)C3)c2)cn1. The van der Waals surface area contributed by atoms with Gasteiger partial charge in [-0.15, -0.1) is 0 Å². The number of piperidine rings is 3. The molecule has 0 spiro atoms. The number of nitrogens with one attached hydrogen (secondary N) is 3. The molecule has 3 aliphatic rings. The smallest absolute Gasteiger partial charge is 0.407 e. The molecule has 3 atom stereocenters. The van der Waals surface area contributed by atoms with Crippen LogP contribution in [0.25, 0.3) is 17.1 Å². The van der Waals surface area contributed by atoms with Gasteiger partial charge in [0.25, 0.3) is 11.6 Å². The number of nitro groups is 1. The van der Waals surface area contributed by atoms with Crippen LogP contribution in [0, 0.1) is 37.8 Å². The Morgan fingerprint density at radius 3 is 1.49 bits per heavy atom. The minimum atomic E-state index is -0.559. The van der Waals surface area contributed by atoms with Crippen LogP contribution in [0.5, 0.6) is 11.5 Å². The first kappa shape index (κ1) is 71.5. The number of non-ortho nitro benzene ring substituents is 1. The maximum absolute atomic E-state index is 13.3. The highest BCUT2D eigenvalue weighted by Gasteiger charge is 2.28. The number of imidazole rings is 3. The molecule has 0 saturated carbocycles. The van der Waals surface area contributed by atoms with E-state index in [0.717, 1.165) is 128 Å². The van der Waals surface area contributed by atoms with Crippen LogP contribution in [0.1, 0.15) is 128 Å². The summed E-state index contributed by atoms with van der Waals surface area (Å²) in [5, 5.41) is 20.4. The number of anilines is 5. The van der Waals surface area contributed by atoms with Gasteiger partial charge in [0.15, 0.2) is 0 Å². The van der Waals surface area contributed by atoms with Gasteiger partial charge in [0.2, 0.25) is 0 Å². The molecule has 3 saturated heterocycles. The van der Waals surface area contributed by atoms with Gasteiger partial charge < -0.3 is 70.0 Å². The summed E-state index contributed by atoms with van der Waals surface area (Å²) in [5.41, 5.74) is 22.4. The molecule has 5 aromatic carbocycles. The topological polar surface area (TPSA) is 273 Å². The minimum Gasteiger partial charge on any atom is -0.457 e. The number of ether oxygens (including phenoxy) is 3. The Morgan fingerprint density at radius 2 is 1.01 bits per heavy atom. The summed E-state index contributed by atoms with van der Waals surface area (Å²) in [7, 11) is 0. The Balaban J connectivity index is 0.000000200. The van der Waals surface area contributed by atoms with Crippen LogP contribution in [-0.4, -0.2) is 120 Å². The van der Waals surface area contributed by atoms with Gasteiger partial charge in [-0.25, -0.2) is 24.5 Å². The van der Waals surface area contributed by atoms with Gasteiger partial charge in [0.05, 0.1) is 58.0 Å². The highest BCUT2D eigenvalue weighted by Crippen LogP contribution is 2.33. The number of nitrogens with two attached hydrogens (primary N) is 2. The van der Waals surface area contributed by atoms with E-state index in [1.807, 2.05) is 170 Å². The number of aryl methyl sites for hydroxylation is 4. The first-order valence-electron chi connectivity index (χ1n) is 31.3. The maximum Gasteiger partial charge on any atom is 0.407 e. The third kappa shape index (κ3) is 20.6. The number of para-hydroxylation sites is 1. The number of rotatable bonds is 13. The molecule has 3 fully saturated rings. The van der Waals surface area contributed by atoms with Crippen molar-refractivity contribution < 1.29 is 33.5 Å².